The molecule has 0 atom stereocenters. The van der Waals surface area contributed by atoms with Gasteiger partial charge in [-0.3, -0.25) is 4.79 Å². The quantitative estimate of drug-likeness (QED) is 0.752. The smallest absolute Gasteiger partial charge is 0.259 e. The number of sulfonamides is 1. The molecule has 1 amide bonds. The SMILES string of the molecule is Cc1cc(F)cc2c1N(C(=O)C1=CN3CCS(=O)(=O)N=C3C=C1)CCC2. The summed E-state index contributed by atoms with van der Waals surface area (Å²) >= 11 is 0. The van der Waals surface area contributed by atoms with Crippen molar-refractivity contribution in [3.8, 4) is 0 Å². The van der Waals surface area contributed by atoms with Crippen LogP contribution in [0.15, 0.2) is 40.5 Å². The van der Waals surface area contributed by atoms with E-state index < -0.39 is 10.0 Å². The first-order valence-electron chi connectivity index (χ1n) is 8.44. The number of carbonyl (C=O) groups excluding carboxylic acids is 1. The van der Waals surface area contributed by atoms with Gasteiger partial charge in [-0.2, -0.15) is 0 Å². The summed E-state index contributed by atoms with van der Waals surface area (Å²) in [6.45, 7) is 2.64. The molecule has 26 heavy (non-hydrogen) atoms. The summed E-state index contributed by atoms with van der Waals surface area (Å²) in [5.74, 6) is -0.218. The third-order valence-corrected chi connectivity index (χ3v) is 5.92. The Morgan fingerprint density at radius 1 is 1.23 bits per heavy atom. The first-order valence-corrected chi connectivity index (χ1v) is 10.0. The van der Waals surface area contributed by atoms with Gasteiger partial charge in [0.05, 0.1) is 17.0 Å². The van der Waals surface area contributed by atoms with Crippen LogP contribution in [0.2, 0.25) is 0 Å². The van der Waals surface area contributed by atoms with Crippen molar-refractivity contribution in [2.45, 2.75) is 19.8 Å². The van der Waals surface area contributed by atoms with Gasteiger partial charge in [-0.05, 0) is 55.2 Å². The Morgan fingerprint density at radius 2 is 2.04 bits per heavy atom. The second-order valence-corrected chi connectivity index (χ2v) is 8.39. The predicted octanol–water partition coefficient (Wildman–Crippen LogP) is 1.91. The molecule has 0 unspecified atom stereocenters. The van der Waals surface area contributed by atoms with Crippen LogP contribution >= 0.6 is 0 Å². The highest BCUT2D eigenvalue weighted by molar-refractivity contribution is 7.90. The van der Waals surface area contributed by atoms with Gasteiger partial charge in [-0.15, -0.1) is 4.40 Å². The number of amidine groups is 1. The van der Waals surface area contributed by atoms with Crippen LogP contribution in [-0.2, 0) is 21.2 Å². The summed E-state index contributed by atoms with van der Waals surface area (Å²) in [6, 6.07) is 2.93. The van der Waals surface area contributed by atoms with Crippen LogP contribution in [0.4, 0.5) is 10.1 Å². The van der Waals surface area contributed by atoms with Gasteiger partial charge in [0, 0.05) is 19.3 Å². The van der Waals surface area contributed by atoms with E-state index in [1.54, 1.807) is 35.1 Å². The molecular formula is C18H18FN3O3S. The number of fused-ring (bicyclic) bond motifs is 2. The van der Waals surface area contributed by atoms with E-state index in [-0.39, 0.29) is 24.0 Å². The van der Waals surface area contributed by atoms with Gasteiger partial charge < -0.3 is 9.80 Å². The molecule has 8 heteroatoms. The number of aryl methyl sites for hydroxylation is 2. The van der Waals surface area contributed by atoms with Gasteiger partial charge in [0.15, 0.2) is 0 Å². The molecule has 0 aliphatic carbocycles. The van der Waals surface area contributed by atoms with E-state index in [1.165, 1.54) is 12.1 Å². The summed E-state index contributed by atoms with van der Waals surface area (Å²) < 4.78 is 40.6. The highest BCUT2D eigenvalue weighted by Crippen LogP contribution is 2.33. The zero-order chi connectivity index (χ0) is 18.5. The van der Waals surface area contributed by atoms with Crippen LogP contribution < -0.4 is 4.90 Å². The lowest BCUT2D eigenvalue weighted by atomic mass is 9.97. The molecule has 0 aromatic heterocycles. The van der Waals surface area contributed by atoms with Gasteiger partial charge in [0.25, 0.3) is 15.9 Å². The Labute approximate surface area is 151 Å². The van der Waals surface area contributed by atoms with Gasteiger partial charge in [0.2, 0.25) is 0 Å². The summed E-state index contributed by atoms with van der Waals surface area (Å²) in [5, 5.41) is 0. The van der Waals surface area contributed by atoms with Crippen molar-refractivity contribution < 1.29 is 17.6 Å². The monoisotopic (exact) mass is 375 g/mol. The molecule has 3 aliphatic rings. The number of amides is 1. The highest BCUT2D eigenvalue weighted by atomic mass is 32.2. The summed E-state index contributed by atoms with van der Waals surface area (Å²) in [4.78, 5) is 16.4. The maximum Gasteiger partial charge on any atom is 0.259 e. The fraction of sp³-hybridized carbons (Fsp3) is 0.333. The van der Waals surface area contributed by atoms with Crippen LogP contribution in [-0.4, -0.2) is 43.9 Å². The third-order valence-electron chi connectivity index (χ3n) is 4.76. The van der Waals surface area contributed by atoms with E-state index in [4.69, 9.17) is 0 Å². The number of hydrogen-bond donors (Lipinski definition) is 0. The van der Waals surface area contributed by atoms with Crippen molar-refractivity contribution in [2.24, 2.45) is 4.40 Å². The van der Waals surface area contributed by atoms with E-state index >= 15 is 0 Å². The molecule has 0 radical (unpaired) electrons. The van der Waals surface area contributed by atoms with E-state index in [2.05, 4.69) is 4.40 Å². The van der Waals surface area contributed by atoms with E-state index in [0.29, 0.717) is 18.0 Å². The van der Waals surface area contributed by atoms with Gasteiger partial charge in [0.1, 0.15) is 11.7 Å². The molecule has 1 aromatic rings. The molecule has 0 saturated carbocycles. The number of hydrogen-bond acceptors (Lipinski definition) is 4. The number of nitrogens with zero attached hydrogens (tertiary/aromatic N) is 3. The molecule has 0 bridgehead atoms. The topological polar surface area (TPSA) is 70.1 Å². The second kappa shape index (κ2) is 6.05. The lowest BCUT2D eigenvalue weighted by Gasteiger charge is -2.33. The Balaban J connectivity index is 1.67. The first-order chi connectivity index (χ1) is 12.3. The van der Waals surface area contributed by atoms with Crippen LogP contribution in [0.25, 0.3) is 0 Å². The molecule has 1 aromatic carbocycles. The van der Waals surface area contributed by atoms with Crippen molar-refractivity contribution in [3.05, 3.63) is 53.0 Å². The number of rotatable bonds is 1. The number of carbonyl (C=O) groups is 1. The van der Waals surface area contributed by atoms with E-state index in [1.807, 2.05) is 0 Å². The molecule has 6 nitrogen and oxygen atoms in total. The fourth-order valence-corrected chi connectivity index (χ4v) is 4.58. The molecular weight excluding hydrogens is 357 g/mol. The maximum absolute atomic E-state index is 13.7. The minimum Gasteiger partial charge on any atom is -0.330 e. The highest BCUT2D eigenvalue weighted by Gasteiger charge is 2.30. The Hall–Kier alpha value is -2.48. The fourth-order valence-electron chi connectivity index (χ4n) is 3.61. The van der Waals surface area contributed by atoms with E-state index in [0.717, 1.165) is 29.7 Å². The van der Waals surface area contributed by atoms with Crippen molar-refractivity contribution in [2.75, 3.05) is 23.7 Å². The zero-order valence-electron chi connectivity index (χ0n) is 14.3. The maximum atomic E-state index is 13.7. The zero-order valence-corrected chi connectivity index (χ0v) is 15.1. The van der Waals surface area contributed by atoms with Crippen LogP contribution in [0.1, 0.15) is 17.5 Å². The molecule has 136 valence electrons. The Morgan fingerprint density at radius 3 is 2.85 bits per heavy atom. The standard InChI is InChI=1S/C18H18FN3O3S/c1-12-9-15(19)10-13-3-2-6-22(17(12)13)18(23)14-4-5-16-20-26(24,25)8-7-21(16)11-14/h4-5,9-11H,2-3,6-8H2,1H3. The molecule has 0 N–H and O–H groups in total. The first kappa shape index (κ1) is 17.0. The molecule has 0 spiro atoms. The van der Waals surface area contributed by atoms with Gasteiger partial charge in [-0.1, -0.05) is 0 Å². The average Bonchev–Trinajstić information content (AvgIpc) is 2.59. The van der Waals surface area contributed by atoms with Crippen molar-refractivity contribution >= 4 is 27.5 Å². The molecule has 0 fully saturated rings. The molecule has 3 heterocycles. The normalized spacial score (nSPS) is 20.8. The van der Waals surface area contributed by atoms with Crippen LogP contribution in [0.5, 0.6) is 0 Å². The number of anilines is 1. The van der Waals surface area contributed by atoms with Crippen molar-refractivity contribution in [1.29, 1.82) is 0 Å². The predicted molar refractivity (Wildman–Crippen MR) is 97.0 cm³/mol. The number of benzene rings is 1. The second-order valence-electron chi connectivity index (χ2n) is 6.64. The van der Waals surface area contributed by atoms with Gasteiger partial charge in [-0.25, -0.2) is 12.8 Å². The third kappa shape index (κ3) is 2.94. The lowest BCUT2D eigenvalue weighted by Crippen LogP contribution is -2.40. The Kier molecular flexibility index (Phi) is 3.95. The molecule has 4 rings (SSSR count). The van der Waals surface area contributed by atoms with Crippen molar-refractivity contribution in [3.63, 3.8) is 0 Å². The van der Waals surface area contributed by atoms with Crippen LogP contribution in [0, 0.1) is 12.7 Å². The largest absolute Gasteiger partial charge is 0.330 e. The Bertz CT molecular complexity index is 995. The minimum absolute atomic E-state index is 0.0761. The average molecular weight is 375 g/mol. The lowest BCUT2D eigenvalue weighted by molar-refractivity contribution is -0.115. The van der Waals surface area contributed by atoms with Crippen molar-refractivity contribution in [1.82, 2.24) is 4.90 Å². The summed E-state index contributed by atoms with van der Waals surface area (Å²) in [7, 11) is -3.43. The summed E-state index contributed by atoms with van der Waals surface area (Å²) in [5.41, 5.74) is 2.81. The minimum atomic E-state index is -3.43. The summed E-state index contributed by atoms with van der Waals surface area (Å²) in [6.07, 6.45) is 6.29. The number of halogens is 1. The van der Waals surface area contributed by atoms with Crippen LogP contribution in [0.3, 0.4) is 0 Å². The molecule has 3 aliphatic heterocycles. The van der Waals surface area contributed by atoms with E-state index in [9.17, 15) is 17.6 Å². The molecule has 0 saturated heterocycles. The van der Waals surface area contributed by atoms with Gasteiger partial charge >= 0.3 is 0 Å².